The summed E-state index contributed by atoms with van der Waals surface area (Å²) in [5, 5.41) is 3.60. The molecule has 0 bridgehead atoms. The zero-order valence-corrected chi connectivity index (χ0v) is 16.6. The van der Waals surface area contributed by atoms with E-state index in [1.54, 1.807) is 0 Å². The first kappa shape index (κ1) is 19.5. The Labute approximate surface area is 153 Å². The van der Waals surface area contributed by atoms with Crippen LogP contribution in [0.25, 0.3) is 0 Å². The Bertz CT molecular complexity index is 637. The van der Waals surface area contributed by atoms with Gasteiger partial charge in [0.25, 0.3) is 0 Å². The van der Waals surface area contributed by atoms with Crippen LogP contribution in [-0.4, -0.2) is 6.10 Å². The molecule has 0 amide bonds. The fourth-order valence-corrected chi connectivity index (χ4v) is 2.66. The highest BCUT2D eigenvalue weighted by molar-refractivity contribution is 5.30. The molecule has 2 heteroatoms. The summed E-state index contributed by atoms with van der Waals surface area (Å²) >= 11 is 0. The van der Waals surface area contributed by atoms with Gasteiger partial charge in [0.15, 0.2) is 0 Å². The van der Waals surface area contributed by atoms with Crippen molar-refractivity contribution in [3.05, 3.63) is 65.2 Å². The van der Waals surface area contributed by atoms with E-state index in [4.69, 9.17) is 4.74 Å². The Morgan fingerprint density at radius 1 is 0.920 bits per heavy atom. The van der Waals surface area contributed by atoms with Gasteiger partial charge in [0, 0.05) is 12.6 Å². The molecule has 2 aromatic carbocycles. The minimum atomic E-state index is 0.207. The van der Waals surface area contributed by atoms with E-state index in [1.165, 1.54) is 16.7 Å². The second-order valence-corrected chi connectivity index (χ2v) is 7.96. The maximum absolute atomic E-state index is 5.85. The van der Waals surface area contributed by atoms with Gasteiger partial charge in [0.1, 0.15) is 5.75 Å². The Balaban J connectivity index is 1.90. The van der Waals surface area contributed by atoms with Crippen molar-refractivity contribution in [3.8, 4) is 5.75 Å². The summed E-state index contributed by atoms with van der Waals surface area (Å²) in [6.07, 6.45) is 1.28. The van der Waals surface area contributed by atoms with Crippen LogP contribution in [0.1, 0.15) is 70.7 Å². The first-order valence-electron chi connectivity index (χ1n) is 9.39. The molecule has 2 rings (SSSR count). The van der Waals surface area contributed by atoms with E-state index in [2.05, 4.69) is 95.4 Å². The molecule has 0 radical (unpaired) electrons. The van der Waals surface area contributed by atoms with E-state index in [-0.39, 0.29) is 11.5 Å². The second kappa shape index (κ2) is 8.53. The number of ether oxygens (including phenoxy) is 1. The van der Waals surface area contributed by atoms with Crippen LogP contribution in [0.3, 0.4) is 0 Å². The highest BCUT2D eigenvalue weighted by atomic mass is 16.5. The first-order valence-corrected chi connectivity index (χ1v) is 9.39. The summed E-state index contributed by atoms with van der Waals surface area (Å²) < 4.78 is 5.85. The van der Waals surface area contributed by atoms with Crippen molar-refractivity contribution in [2.24, 2.45) is 0 Å². The molecule has 2 nitrogen and oxygen atoms in total. The summed E-state index contributed by atoms with van der Waals surface area (Å²) in [5.74, 6) is 0.947. The Morgan fingerprint density at radius 3 is 2.04 bits per heavy atom. The number of nitrogens with one attached hydrogen (secondary N) is 1. The van der Waals surface area contributed by atoms with E-state index in [9.17, 15) is 0 Å². The Hall–Kier alpha value is -1.80. The molecule has 0 aliphatic heterocycles. The van der Waals surface area contributed by atoms with Gasteiger partial charge >= 0.3 is 0 Å². The van der Waals surface area contributed by atoms with Gasteiger partial charge < -0.3 is 10.1 Å². The molecule has 0 aliphatic carbocycles. The molecule has 1 N–H and O–H groups in total. The lowest BCUT2D eigenvalue weighted by molar-refractivity contribution is 0.217. The summed E-state index contributed by atoms with van der Waals surface area (Å²) in [6, 6.07) is 17.7. The van der Waals surface area contributed by atoms with E-state index in [0.29, 0.717) is 6.04 Å². The van der Waals surface area contributed by atoms with Crippen LogP contribution < -0.4 is 10.1 Å². The average molecular weight is 340 g/mol. The molecule has 136 valence electrons. The monoisotopic (exact) mass is 339 g/mol. The Morgan fingerprint density at radius 2 is 1.52 bits per heavy atom. The van der Waals surface area contributed by atoms with Gasteiger partial charge in [0.05, 0.1) is 6.10 Å². The van der Waals surface area contributed by atoms with E-state index < -0.39 is 0 Å². The van der Waals surface area contributed by atoms with Gasteiger partial charge in [-0.15, -0.1) is 0 Å². The summed E-state index contributed by atoms with van der Waals surface area (Å²) in [4.78, 5) is 0. The van der Waals surface area contributed by atoms with Gasteiger partial charge in [-0.2, -0.15) is 0 Å². The quantitative estimate of drug-likeness (QED) is 0.666. The predicted octanol–water partition coefficient (Wildman–Crippen LogP) is 6.01. The molecule has 0 heterocycles. The Kier molecular flexibility index (Phi) is 6.66. The van der Waals surface area contributed by atoms with Gasteiger partial charge in [-0.05, 0) is 54.5 Å². The maximum Gasteiger partial charge on any atom is 0.119 e. The van der Waals surface area contributed by atoms with Gasteiger partial charge in [-0.1, -0.05) is 64.1 Å². The smallest absolute Gasteiger partial charge is 0.119 e. The average Bonchev–Trinajstić information content (AvgIpc) is 2.59. The van der Waals surface area contributed by atoms with Gasteiger partial charge in [-0.25, -0.2) is 0 Å². The summed E-state index contributed by atoms with van der Waals surface area (Å²) in [5.41, 5.74) is 4.18. The second-order valence-electron chi connectivity index (χ2n) is 7.96. The van der Waals surface area contributed by atoms with E-state index >= 15 is 0 Å². The fourth-order valence-electron chi connectivity index (χ4n) is 2.66. The highest BCUT2D eigenvalue weighted by Gasteiger charge is 2.13. The SMILES string of the molecule is CCC(C)Oc1ccc(C(C)NCc2ccc(C(C)(C)C)cc2)cc1. The molecule has 0 fully saturated rings. The molecule has 0 spiro atoms. The third-order valence-corrected chi connectivity index (χ3v) is 4.72. The van der Waals surface area contributed by atoms with Crippen LogP contribution in [0.5, 0.6) is 5.75 Å². The molecule has 2 unspecified atom stereocenters. The van der Waals surface area contributed by atoms with Crippen molar-refractivity contribution >= 4 is 0 Å². The topological polar surface area (TPSA) is 21.3 Å². The number of rotatable bonds is 7. The van der Waals surface area contributed by atoms with Crippen molar-refractivity contribution in [2.75, 3.05) is 0 Å². The minimum Gasteiger partial charge on any atom is -0.491 e. The minimum absolute atomic E-state index is 0.207. The first-order chi connectivity index (χ1) is 11.8. The van der Waals surface area contributed by atoms with Crippen molar-refractivity contribution < 1.29 is 4.74 Å². The van der Waals surface area contributed by atoms with E-state index in [1.807, 2.05) is 0 Å². The zero-order chi connectivity index (χ0) is 18.4. The zero-order valence-electron chi connectivity index (χ0n) is 16.6. The van der Waals surface area contributed by atoms with Gasteiger partial charge in [-0.3, -0.25) is 0 Å². The molecule has 2 aromatic rings. The van der Waals surface area contributed by atoms with Crippen LogP contribution in [-0.2, 0) is 12.0 Å². The lowest BCUT2D eigenvalue weighted by Gasteiger charge is -2.20. The fraction of sp³-hybridized carbons (Fsp3) is 0.478. The third-order valence-electron chi connectivity index (χ3n) is 4.72. The van der Waals surface area contributed by atoms with Crippen molar-refractivity contribution in [2.45, 2.75) is 72.1 Å². The van der Waals surface area contributed by atoms with E-state index in [0.717, 1.165) is 18.7 Å². The lowest BCUT2D eigenvalue weighted by atomic mass is 9.87. The maximum atomic E-state index is 5.85. The number of benzene rings is 2. The lowest BCUT2D eigenvalue weighted by Crippen LogP contribution is -2.18. The van der Waals surface area contributed by atoms with Crippen LogP contribution >= 0.6 is 0 Å². The van der Waals surface area contributed by atoms with Crippen LogP contribution in [0.2, 0.25) is 0 Å². The van der Waals surface area contributed by atoms with Crippen LogP contribution in [0.15, 0.2) is 48.5 Å². The largest absolute Gasteiger partial charge is 0.491 e. The highest BCUT2D eigenvalue weighted by Crippen LogP contribution is 2.23. The number of hydrogen-bond donors (Lipinski definition) is 1. The van der Waals surface area contributed by atoms with Crippen LogP contribution in [0, 0.1) is 0 Å². The number of hydrogen-bond acceptors (Lipinski definition) is 2. The third kappa shape index (κ3) is 5.89. The summed E-state index contributed by atoms with van der Waals surface area (Å²) in [7, 11) is 0. The molecular formula is C23H33NO. The van der Waals surface area contributed by atoms with Gasteiger partial charge in [0.2, 0.25) is 0 Å². The van der Waals surface area contributed by atoms with Crippen molar-refractivity contribution in [1.82, 2.24) is 5.32 Å². The molecule has 0 aliphatic rings. The molecule has 0 saturated heterocycles. The van der Waals surface area contributed by atoms with Crippen molar-refractivity contribution in [1.29, 1.82) is 0 Å². The normalized spacial score (nSPS) is 14.2. The molecule has 2 atom stereocenters. The molecule has 0 aromatic heterocycles. The molecule has 0 saturated carbocycles. The molecule has 25 heavy (non-hydrogen) atoms. The predicted molar refractivity (Wildman–Crippen MR) is 107 cm³/mol. The van der Waals surface area contributed by atoms with Crippen molar-refractivity contribution in [3.63, 3.8) is 0 Å². The summed E-state index contributed by atoms with van der Waals surface area (Å²) in [6.45, 7) is 14.1. The standard InChI is InChI=1S/C23H33NO/c1-7-17(2)25-22-14-10-20(11-15-22)18(3)24-16-19-8-12-21(13-9-19)23(4,5)6/h8-15,17-18,24H,7,16H2,1-6H3. The molecular weight excluding hydrogens is 306 g/mol. The van der Waals surface area contributed by atoms with Crippen LogP contribution in [0.4, 0.5) is 0 Å².